The third-order valence-corrected chi connectivity index (χ3v) is 3.94. The molecule has 0 amide bonds. The van der Waals surface area contributed by atoms with Gasteiger partial charge < -0.3 is 15.3 Å². The first-order chi connectivity index (χ1) is 8.41. The van der Waals surface area contributed by atoms with Gasteiger partial charge in [0.2, 0.25) is 0 Å². The maximum absolute atomic E-state index is 10.8. The van der Waals surface area contributed by atoms with Gasteiger partial charge in [0.05, 0.1) is 12.7 Å². The highest BCUT2D eigenvalue weighted by atomic mass is 16.3. The van der Waals surface area contributed by atoms with E-state index in [0.717, 1.165) is 11.1 Å². The Labute approximate surface area is 107 Å². The minimum Gasteiger partial charge on any atom is -0.392 e. The van der Waals surface area contributed by atoms with E-state index >= 15 is 0 Å². The first-order valence-corrected chi connectivity index (χ1v) is 6.21. The lowest BCUT2D eigenvalue weighted by molar-refractivity contribution is -0.0713. The van der Waals surface area contributed by atoms with Gasteiger partial charge in [-0.2, -0.15) is 0 Å². The number of aryl methyl sites for hydroxylation is 1. The molecule has 0 spiro atoms. The van der Waals surface area contributed by atoms with Crippen LogP contribution in [-0.2, 0) is 5.60 Å². The summed E-state index contributed by atoms with van der Waals surface area (Å²) in [6.45, 7) is 7.34. The molecule has 3 heteroatoms. The number of fused-ring (bicyclic) bond motifs is 1. The molecule has 0 saturated carbocycles. The van der Waals surface area contributed by atoms with Crippen molar-refractivity contribution in [2.75, 3.05) is 6.61 Å². The molecular formula is C15H20O3. The van der Waals surface area contributed by atoms with Crippen LogP contribution in [0.4, 0.5) is 0 Å². The fourth-order valence-corrected chi connectivity index (χ4v) is 2.79. The standard InChI is InChI=1S/C15H20O3/c1-9-4-5-12-10(2)7-14(17)15(18,11(3)8-16)13(12)6-9/h4-6,10,14,16-18H,3,7-8H2,1-2H3/t10-,14-,15+/m1/s1. The molecule has 0 fully saturated rings. The fourth-order valence-electron chi connectivity index (χ4n) is 2.79. The smallest absolute Gasteiger partial charge is 0.139 e. The summed E-state index contributed by atoms with van der Waals surface area (Å²) < 4.78 is 0. The van der Waals surface area contributed by atoms with Crippen molar-refractivity contribution < 1.29 is 15.3 Å². The first-order valence-electron chi connectivity index (χ1n) is 6.21. The summed E-state index contributed by atoms with van der Waals surface area (Å²) in [7, 11) is 0. The maximum Gasteiger partial charge on any atom is 0.139 e. The molecule has 1 aliphatic rings. The summed E-state index contributed by atoms with van der Waals surface area (Å²) in [6, 6.07) is 5.85. The quantitative estimate of drug-likeness (QED) is 0.697. The van der Waals surface area contributed by atoms with E-state index in [0.29, 0.717) is 12.0 Å². The van der Waals surface area contributed by atoms with Gasteiger partial charge in [-0.05, 0) is 36.0 Å². The molecule has 1 aliphatic carbocycles. The van der Waals surface area contributed by atoms with Crippen LogP contribution in [0.15, 0.2) is 30.4 Å². The SMILES string of the molecule is C=C(CO)[C@]1(O)c2cc(C)ccc2[C@H](C)C[C@H]1O. The van der Waals surface area contributed by atoms with Crippen molar-refractivity contribution in [1.29, 1.82) is 0 Å². The zero-order valence-corrected chi connectivity index (χ0v) is 10.8. The van der Waals surface area contributed by atoms with Gasteiger partial charge in [0.25, 0.3) is 0 Å². The summed E-state index contributed by atoms with van der Waals surface area (Å²) in [5, 5.41) is 30.3. The van der Waals surface area contributed by atoms with Crippen LogP contribution in [0.2, 0.25) is 0 Å². The average molecular weight is 248 g/mol. The van der Waals surface area contributed by atoms with E-state index in [1.54, 1.807) is 0 Å². The molecule has 3 atom stereocenters. The van der Waals surface area contributed by atoms with Crippen molar-refractivity contribution in [2.24, 2.45) is 0 Å². The van der Waals surface area contributed by atoms with Crippen LogP contribution in [0.5, 0.6) is 0 Å². The Morgan fingerprint density at radius 3 is 2.78 bits per heavy atom. The van der Waals surface area contributed by atoms with E-state index in [1.807, 2.05) is 32.0 Å². The van der Waals surface area contributed by atoms with Crippen molar-refractivity contribution in [1.82, 2.24) is 0 Å². The van der Waals surface area contributed by atoms with Crippen molar-refractivity contribution in [3.63, 3.8) is 0 Å². The molecule has 3 N–H and O–H groups in total. The molecule has 18 heavy (non-hydrogen) atoms. The molecular weight excluding hydrogens is 228 g/mol. The fraction of sp³-hybridized carbons (Fsp3) is 0.467. The lowest BCUT2D eigenvalue weighted by Gasteiger charge is -2.42. The predicted molar refractivity (Wildman–Crippen MR) is 70.3 cm³/mol. The van der Waals surface area contributed by atoms with Gasteiger partial charge in [-0.1, -0.05) is 37.3 Å². The summed E-state index contributed by atoms with van der Waals surface area (Å²) in [5.41, 5.74) is 1.41. The topological polar surface area (TPSA) is 60.7 Å². The molecule has 0 saturated heterocycles. The van der Waals surface area contributed by atoms with Crippen LogP contribution < -0.4 is 0 Å². The Hall–Kier alpha value is -1.16. The van der Waals surface area contributed by atoms with Crippen molar-refractivity contribution in [3.05, 3.63) is 47.0 Å². The number of rotatable bonds is 2. The molecule has 2 rings (SSSR count). The highest BCUT2D eigenvalue weighted by Crippen LogP contribution is 2.45. The second-order valence-electron chi connectivity index (χ2n) is 5.27. The van der Waals surface area contributed by atoms with Crippen LogP contribution >= 0.6 is 0 Å². The lowest BCUT2D eigenvalue weighted by atomic mass is 9.69. The molecule has 0 bridgehead atoms. The second kappa shape index (κ2) is 4.50. The lowest BCUT2D eigenvalue weighted by Crippen LogP contribution is -2.46. The van der Waals surface area contributed by atoms with E-state index in [4.69, 9.17) is 0 Å². The van der Waals surface area contributed by atoms with Gasteiger partial charge in [0, 0.05) is 0 Å². The normalized spacial score (nSPS) is 30.9. The van der Waals surface area contributed by atoms with Crippen molar-refractivity contribution >= 4 is 0 Å². The summed E-state index contributed by atoms with van der Waals surface area (Å²) >= 11 is 0. The highest BCUT2D eigenvalue weighted by molar-refractivity contribution is 5.46. The second-order valence-corrected chi connectivity index (χ2v) is 5.27. The van der Waals surface area contributed by atoms with Crippen LogP contribution in [0.3, 0.4) is 0 Å². The van der Waals surface area contributed by atoms with Gasteiger partial charge in [-0.3, -0.25) is 0 Å². The number of aliphatic hydroxyl groups is 3. The van der Waals surface area contributed by atoms with Crippen molar-refractivity contribution in [2.45, 2.75) is 37.9 Å². The van der Waals surface area contributed by atoms with Crippen LogP contribution in [0.25, 0.3) is 0 Å². The van der Waals surface area contributed by atoms with Gasteiger partial charge in [-0.15, -0.1) is 0 Å². The Morgan fingerprint density at radius 2 is 2.17 bits per heavy atom. The maximum atomic E-state index is 10.8. The molecule has 1 aromatic rings. The molecule has 98 valence electrons. The zero-order valence-electron chi connectivity index (χ0n) is 10.8. The Kier molecular flexibility index (Phi) is 3.32. The Morgan fingerprint density at radius 1 is 1.50 bits per heavy atom. The number of aliphatic hydroxyl groups excluding tert-OH is 2. The van der Waals surface area contributed by atoms with E-state index < -0.39 is 11.7 Å². The van der Waals surface area contributed by atoms with Gasteiger partial charge in [0.1, 0.15) is 5.60 Å². The van der Waals surface area contributed by atoms with Crippen molar-refractivity contribution in [3.8, 4) is 0 Å². The molecule has 3 nitrogen and oxygen atoms in total. The number of hydrogen-bond acceptors (Lipinski definition) is 3. The largest absolute Gasteiger partial charge is 0.392 e. The average Bonchev–Trinajstić information content (AvgIpc) is 2.34. The van der Waals surface area contributed by atoms with Crippen LogP contribution in [-0.4, -0.2) is 28.0 Å². The molecule has 0 aliphatic heterocycles. The predicted octanol–water partition coefficient (Wildman–Crippen LogP) is 1.60. The molecule has 0 radical (unpaired) electrons. The monoisotopic (exact) mass is 248 g/mol. The van der Waals surface area contributed by atoms with Crippen LogP contribution in [0.1, 0.15) is 36.0 Å². The zero-order chi connectivity index (χ0) is 13.5. The summed E-state index contributed by atoms with van der Waals surface area (Å²) in [5.74, 6) is 0.183. The first kappa shape index (κ1) is 13.3. The van der Waals surface area contributed by atoms with E-state index in [1.165, 1.54) is 0 Å². The third-order valence-electron chi connectivity index (χ3n) is 3.94. The number of hydrogen-bond donors (Lipinski definition) is 3. The summed E-state index contributed by atoms with van der Waals surface area (Å²) in [4.78, 5) is 0. The molecule has 0 unspecified atom stereocenters. The Bertz CT molecular complexity index is 481. The molecule has 1 aromatic carbocycles. The van der Waals surface area contributed by atoms with E-state index in [9.17, 15) is 15.3 Å². The summed E-state index contributed by atoms with van der Waals surface area (Å²) in [6.07, 6.45) is -0.465. The van der Waals surface area contributed by atoms with Gasteiger partial charge in [-0.25, -0.2) is 0 Å². The molecule has 0 heterocycles. The van der Waals surface area contributed by atoms with Gasteiger partial charge >= 0.3 is 0 Å². The Balaban J connectivity index is 2.65. The van der Waals surface area contributed by atoms with Crippen LogP contribution in [0, 0.1) is 6.92 Å². The highest BCUT2D eigenvalue weighted by Gasteiger charge is 2.45. The molecule has 0 aromatic heterocycles. The van der Waals surface area contributed by atoms with E-state index in [2.05, 4.69) is 6.58 Å². The minimum absolute atomic E-state index is 0.183. The van der Waals surface area contributed by atoms with E-state index in [-0.39, 0.29) is 18.1 Å². The van der Waals surface area contributed by atoms with Gasteiger partial charge in [0.15, 0.2) is 0 Å². The number of benzene rings is 1. The third kappa shape index (κ3) is 1.79. The minimum atomic E-state index is -1.54.